The van der Waals surface area contributed by atoms with E-state index < -0.39 is 5.97 Å². The number of hydrogen-bond donors (Lipinski definition) is 0. The van der Waals surface area contributed by atoms with Gasteiger partial charge in [-0.15, -0.1) is 0 Å². The van der Waals surface area contributed by atoms with Crippen LogP contribution in [-0.2, 0) is 4.79 Å². The molecule has 0 atom stereocenters. The molecule has 3 rings (SSSR count). The molecule has 5 nitrogen and oxygen atoms in total. The lowest BCUT2D eigenvalue weighted by molar-refractivity contribution is -0.130. The molecule has 0 amide bonds. The standard InChI is InChI=1S/C23H20O5/c1-14(2)13-26-18-9-10-21-19(11-18)20(24)12-22(28-21)16-5-7-17(8-6-16)27-23(25)15(3)4/h5-12H,1,3,13H2,2,4H3. The molecule has 5 heteroatoms. The van der Waals surface area contributed by atoms with Gasteiger partial charge in [0.05, 0.1) is 5.39 Å². The van der Waals surface area contributed by atoms with E-state index in [9.17, 15) is 9.59 Å². The highest BCUT2D eigenvalue weighted by molar-refractivity contribution is 5.88. The number of esters is 1. The maximum Gasteiger partial charge on any atom is 0.338 e. The quantitative estimate of drug-likeness (QED) is 0.265. The fraction of sp³-hybridized carbons (Fsp3) is 0.130. The van der Waals surface area contributed by atoms with Gasteiger partial charge in [0.2, 0.25) is 0 Å². The Hall–Kier alpha value is -3.60. The molecule has 0 N–H and O–H groups in total. The van der Waals surface area contributed by atoms with E-state index in [1.165, 1.54) is 6.07 Å². The van der Waals surface area contributed by atoms with Crippen LogP contribution in [0.3, 0.4) is 0 Å². The van der Waals surface area contributed by atoms with E-state index in [1.54, 1.807) is 49.4 Å². The van der Waals surface area contributed by atoms with Crippen LogP contribution in [0.15, 0.2) is 82.0 Å². The number of benzene rings is 2. The average molecular weight is 376 g/mol. The van der Waals surface area contributed by atoms with Gasteiger partial charge in [-0.05, 0) is 61.9 Å². The molecule has 0 radical (unpaired) electrons. The molecule has 0 unspecified atom stereocenters. The molecule has 0 fully saturated rings. The molecule has 0 aliphatic rings. The predicted octanol–water partition coefficient (Wildman–Crippen LogP) is 4.90. The minimum atomic E-state index is -0.491. The molecule has 3 aromatic rings. The predicted molar refractivity (Wildman–Crippen MR) is 109 cm³/mol. The number of rotatable bonds is 6. The van der Waals surface area contributed by atoms with Crippen LogP contribution in [-0.4, -0.2) is 12.6 Å². The number of carbonyl (C=O) groups is 1. The molecule has 28 heavy (non-hydrogen) atoms. The highest BCUT2D eigenvalue weighted by atomic mass is 16.5. The van der Waals surface area contributed by atoms with Crippen molar-refractivity contribution in [3.05, 3.63) is 83.1 Å². The number of carbonyl (C=O) groups excluding carboxylic acids is 1. The second kappa shape index (κ2) is 7.96. The van der Waals surface area contributed by atoms with Crippen molar-refractivity contribution in [1.82, 2.24) is 0 Å². The van der Waals surface area contributed by atoms with Crippen LogP contribution in [0.25, 0.3) is 22.3 Å². The summed E-state index contributed by atoms with van der Waals surface area (Å²) in [6.07, 6.45) is 0. The molecule has 0 aliphatic heterocycles. The van der Waals surface area contributed by atoms with Crippen molar-refractivity contribution < 1.29 is 18.7 Å². The maximum absolute atomic E-state index is 12.5. The molecule has 0 saturated carbocycles. The second-order valence-corrected chi connectivity index (χ2v) is 6.57. The Morgan fingerprint density at radius 1 is 1.00 bits per heavy atom. The molecule has 1 heterocycles. The van der Waals surface area contributed by atoms with E-state index in [1.807, 2.05) is 6.92 Å². The molecule has 2 aromatic carbocycles. The zero-order valence-electron chi connectivity index (χ0n) is 15.8. The minimum Gasteiger partial charge on any atom is -0.489 e. The van der Waals surface area contributed by atoms with Crippen molar-refractivity contribution in [2.75, 3.05) is 6.61 Å². The Morgan fingerprint density at radius 2 is 1.68 bits per heavy atom. The van der Waals surface area contributed by atoms with Gasteiger partial charge in [-0.3, -0.25) is 4.79 Å². The summed E-state index contributed by atoms with van der Waals surface area (Å²) in [4.78, 5) is 24.1. The summed E-state index contributed by atoms with van der Waals surface area (Å²) < 4.78 is 16.6. The minimum absolute atomic E-state index is 0.171. The lowest BCUT2D eigenvalue weighted by atomic mass is 10.1. The first-order valence-corrected chi connectivity index (χ1v) is 8.66. The number of fused-ring (bicyclic) bond motifs is 1. The fourth-order valence-corrected chi connectivity index (χ4v) is 2.46. The van der Waals surface area contributed by atoms with E-state index in [0.29, 0.717) is 46.0 Å². The van der Waals surface area contributed by atoms with Crippen molar-refractivity contribution in [3.8, 4) is 22.8 Å². The lowest BCUT2D eigenvalue weighted by Gasteiger charge is -2.08. The normalized spacial score (nSPS) is 10.5. The zero-order valence-corrected chi connectivity index (χ0v) is 15.8. The highest BCUT2D eigenvalue weighted by Gasteiger charge is 2.10. The summed E-state index contributed by atoms with van der Waals surface area (Å²) in [6.45, 7) is 11.2. The van der Waals surface area contributed by atoms with Crippen LogP contribution in [0.1, 0.15) is 13.8 Å². The van der Waals surface area contributed by atoms with Crippen LogP contribution in [0, 0.1) is 0 Å². The molecule has 1 aromatic heterocycles. The summed E-state index contributed by atoms with van der Waals surface area (Å²) in [5.74, 6) is 0.902. The summed E-state index contributed by atoms with van der Waals surface area (Å²) in [5, 5.41) is 0.440. The van der Waals surface area contributed by atoms with E-state index in [2.05, 4.69) is 13.2 Å². The van der Waals surface area contributed by atoms with E-state index in [-0.39, 0.29) is 5.43 Å². The van der Waals surface area contributed by atoms with Crippen molar-refractivity contribution in [2.45, 2.75) is 13.8 Å². The van der Waals surface area contributed by atoms with Gasteiger partial charge in [-0.25, -0.2) is 4.79 Å². The summed E-state index contributed by atoms with van der Waals surface area (Å²) in [7, 11) is 0. The number of ether oxygens (including phenoxy) is 2. The van der Waals surface area contributed by atoms with Gasteiger partial charge in [0.1, 0.15) is 29.4 Å². The Morgan fingerprint density at radius 3 is 2.32 bits per heavy atom. The Balaban J connectivity index is 1.88. The van der Waals surface area contributed by atoms with Crippen LogP contribution in [0.2, 0.25) is 0 Å². The lowest BCUT2D eigenvalue weighted by Crippen LogP contribution is -2.07. The third-order valence-electron chi connectivity index (χ3n) is 3.88. The van der Waals surface area contributed by atoms with E-state index in [0.717, 1.165) is 5.57 Å². The maximum atomic E-state index is 12.5. The second-order valence-electron chi connectivity index (χ2n) is 6.57. The van der Waals surface area contributed by atoms with Gasteiger partial charge in [-0.1, -0.05) is 13.2 Å². The zero-order chi connectivity index (χ0) is 20.3. The van der Waals surface area contributed by atoms with Gasteiger partial charge >= 0.3 is 5.97 Å². The third-order valence-corrected chi connectivity index (χ3v) is 3.88. The Labute approximate surface area is 162 Å². The Bertz CT molecular complexity index is 1120. The number of hydrogen-bond acceptors (Lipinski definition) is 5. The molecule has 0 aliphatic carbocycles. The summed E-state index contributed by atoms with van der Waals surface area (Å²) in [5.41, 5.74) is 2.19. The van der Waals surface area contributed by atoms with Crippen LogP contribution in [0.5, 0.6) is 11.5 Å². The summed E-state index contributed by atoms with van der Waals surface area (Å²) in [6, 6.07) is 13.2. The monoisotopic (exact) mass is 376 g/mol. The van der Waals surface area contributed by atoms with Gasteiger partial charge in [-0.2, -0.15) is 0 Å². The molecule has 142 valence electrons. The van der Waals surface area contributed by atoms with Gasteiger partial charge in [0.25, 0.3) is 0 Å². The SMILES string of the molecule is C=C(C)COc1ccc2oc(-c3ccc(OC(=O)C(=C)C)cc3)cc(=O)c2c1. The van der Waals surface area contributed by atoms with E-state index in [4.69, 9.17) is 13.9 Å². The van der Waals surface area contributed by atoms with Gasteiger partial charge < -0.3 is 13.9 Å². The topological polar surface area (TPSA) is 65.7 Å². The smallest absolute Gasteiger partial charge is 0.338 e. The van der Waals surface area contributed by atoms with Crippen LogP contribution in [0.4, 0.5) is 0 Å². The highest BCUT2D eigenvalue weighted by Crippen LogP contribution is 2.26. The van der Waals surface area contributed by atoms with E-state index >= 15 is 0 Å². The van der Waals surface area contributed by atoms with Gasteiger partial charge in [0, 0.05) is 17.2 Å². The van der Waals surface area contributed by atoms with Gasteiger partial charge in [0.15, 0.2) is 5.43 Å². The van der Waals surface area contributed by atoms with Crippen LogP contribution < -0.4 is 14.9 Å². The Kier molecular flexibility index (Phi) is 5.45. The first-order valence-electron chi connectivity index (χ1n) is 8.66. The molecular formula is C23H20O5. The third kappa shape index (κ3) is 4.38. The molecule has 0 spiro atoms. The van der Waals surface area contributed by atoms with Crippen molar-refractivity contribution >= 4 is 16.9 Å². The first kappa shape index (κ1) is 19.2. The molecular weight excluding hydrogens is 356 g/mol. The van der Waals surface area contributed by atoms with Crippen molar-refractivity contribution in [1.29, 1.82) is 0 Å². The average Bonchev–Trinajstić information content (AvgIpc) is 2.67. The van der Waals surface area contributed by atoms with Crippen molar-refractivity contribution in [3.63, 3.8) is 0 Å². The molecule has 0 saturated heterocycles. The largest absolute Gasteiger partial charge is 0.489 e. The first-order chi connectivity index (χ1) is 13.3. The van der Waals surface area contributed by atoms with Crippen molar-refractivity contribution in [2.24, 2.45) is 0 Å². The summed E-state index contributed by atoms with van der Waals surface area (Å²) >= 11 is 0. The molecule has 0 bridgehead atoms. The van der Waals surface area contributed by atoms with Crippen LogP contribution >= 0.6 is 0 Å². The fourth-order valence-electron chi connectivity index (χ4n) is 2.46.